The van der Waals surface area contributed by atoms with Crippen molar-refractivity contribution in [3.05, 3.63) is 28.8 Å². The summed E-state index contributed by atoms with van der Waals surface area (Å²) in [6.07, 6.45) is 4.14. The van der Waals surface area contributed by atoms with Crippen molar-refractivity contribution in [2.45, 2.75) is 19.3 Å². The van der Waals surface area contributed by atoms with Crippen molar-refractivity contribution in [1.82, 2.24) is 19.6 Å². The third kappa shape index (κ3) is 2.18. The lowest BCUT2D eigenvalue weighted by molar-refractivity contribution is 0.0866. The summed E-state index contributed by atoms with van der Waals surface area (Å²) in [6, 6.07) is 3.35. The molecule has 0 unspecified atom stereocenters. The summed E-state index contributed by atoms with van der Waals surface area (Å²) in [5.74, 6) is 0. The van der Waals surface area contributed by atoms with Gasteiger partial charge in [0.15, 0.2) is 5.65 Å². The number of nitrogens with one attached hydrogen (secondary N) is 1. The molecule has 7 nitrogen and oxygen atoms in total. The molecule has 1 aliphatic heterocycles. The van der Waals surface area contributed by atoms with Crippen LogP contribution >= 0.6 is 0 Å². The maximum absolute atomic E-state index is 12.0. The fraction of sp³-hybridized carbons (Fsp3) is 0.417. The number of H-pyrrole nitrogens is 1. The van der Waals surface area contributed by atoms with Crippen LogP contribution in [-0.4, -0.2) is 38.8 Å². The van der Waals surface area contributed by atoms with E-state index in [2.05, 4.69) is 9.97 Å². The highest BCUT2D eigenvalue weighted by Gasteiger charge is 2.20. The fourth-order valence-corrected chi connectivity index (χ4v) is 2.22. The predicted molar refractivity (Wildman–Crippen MR) is 67.8 cm³/mol. The number of hydrogen-bond acceptors (Lipinski definition) is 4. The highest BCUT2D eigenvalue weighted by atomic mass is 16.7. The smallest absolute Gasteiger partial charge is 0.312 e. The fourth-order valence-electron chi connectivity index (χ4n) is 2.22. The van der Waals surface area contributed by atoms with E-state index in [4.69, 9.17) is 4.84 Å². The van der Waals surface area contributed by atoms with Gasteiger partial charge in [0.1, 0.15) is 5.52 Å². The highest BCUT2D eigenvalue weighted by molar-refractivity contribution is 5.72. The second-order valence-corrected chi connectivity index (χ2v) is 4.50. The van der Waals surface area contributed by atoms with Gasteiger partial charge >= 0.3 is 11.8 Å². The monoisotopic (exact) mass is 262 g/mol. The van der Waals surface area contributed by atoms with Crippen LogP contribution in [0.3, 0.4) is 0 Å². The summed E-state index contributed by atoms with van der Waals surface area (Å²) in [6.45, 7) is 1.35. The van der Waals surface area contributed by atoms with E-state index in [0.29, 0.717) is 24.3 Å². The number of carbonyl (C=O) groups excluding carboxylic acids is 1. The van der Waals surface area contributed by atoms with Crippen molar-refractivity contribution in [1.29, 1.82) is 0 Å². The second kappa shape index (κ2) is 4.75. The summed E-state index contributed by atoms with van der Waals surface area (Å²) < 4.78 is 0.958. The molecule has 1 N–H and O–H groups in total. The molecule has 0 aromatic carbocycles. The van der Waals surface area contributed by atoms with Crippen LogP contribution in [0.5, 0.6) is 0 Å². The zero-order chi connectivity index (χ0) is 13.2. The molecule has 1 saturated heterocycles. The number of aromatic nitrogens is 3. The van der Waals surface area contributed by atoms with Crippen LogP contribution in [0.2, 0.25) is 0 Å². The average Bonchev–Trinajstić information content (AvgIpc) is 2.76. The van der Waals surface area contributed by atoms with Gasteiger partial charge in [-0.1, -0.05) is 0 Å². The van der Waals surface area contributed by atoms with Gasteiger partial charge in [-0.3, -0.25) is 4.98 Å². The molecule has 0 saturated carbocycles. The van der Waals surface area contributed by atoms with Gasteiger partial charge in [0.2, 0.25) is 0 Å². The minimum absolute atomic E-state index is 0.402. The van der Waals surface area contributed by atoms with E-state index < -0.39 is 11.8 Å². The quantitative estimate of drug-likeness (QED) is 0.822. The lowest BCUT2D eigenvalue weighted by atomic mass is 10.1. The van der Waals surface area contributed by atoms with Crippen LogP contribution in [-0.2, 0) is 0 Å². The van der Waals surface area contributed by atoms with Crippen LogP contribution in [0, 0.1) is 0 Å². The van der Waals surface area contributed by atoms with Gasteiger partial charge in [0, 0.05) is 19.3 Å². The molecule has 1 amide bonds. The molecule has 100 valence electrons. The number of aromatic amines is 1. The van der Waals surface area contributed by atoms with E-state index in [9.17, 15) is 9.59 Å². The largest absolute Gasteiger partial charge is 0.434 e. The maximum Gasteiger partial charge on any atom is 0.434 e. The van der Waals surface area contributed by atoms with Gasteiger partial charge in [-0.2, -0.15) is 0 Å². The first-order chi connectivity index (χ1) is 9.25. The average molecular weight is 262 g/mol. The van der Waals surface area contributed by atoms with Crippen LogP contribution in [0.15, 0.2) is 23.1 Å². The molecule has 7 heteroatoms. The SMILES string of the molecule is O=C(On1c(=O)[nH]c2ncccc21)N1CCCCC1. The van der Waals surface area contributed by atoms with Crippen LogP contribution in [0.1, 0.15) is 19.3 Å². The maximum atomic E-state index is 12.0. The number of hydrogen-bond donors (Lipinski definition) is 1. The van der Waals surface area contributed by atoms with Gasteiger partial charge in [0.05, 0.1) is 0 Å². The number of nitrogens with zero attached hydrogens (tertiary/aromatic N) is 3. The number of amides is 1. The normalized spacial score (nSPS) is 15.7. The van der Waals surface area contributed by atoms with Gasteiger partial charge in [-0.25, -0.2) is 14.6 Å². The Hall–Kier alpha value is -2.31. The topological polar surface area (TPSA) is 80.2 Å². The molecule has 0 aliphatic carbocycles. The highest BCUT2D eigenvalue weighted by Crippen LogP contribution is 2.10. The first-order valence-corrected chi connectivity index (χ1v) is 6.29. The number of likely N-dealkylation sites (tertiary alicyclic amines) is 1. The summed E-state index contributed by atoms with van der Waals surface area (Å²) in [7, 11) is 0. The molecule has 3 rings (SSSR count). The molecule has 2 aromatic heterocycles. The summed E-state index contributed by atoms with van der Waals surface area (Å²) in [5, 5.41) is 0. The van der Waals surface area contributed by atoms with Crippen molar-refractivity contribution in [2.24, 2.45) is 0 Å². The summed E-state index contributed by atoms with van der Waals surface area (Å²) >= 11 is 0. The van der Waals surface area contributed by atoms with Crippen molar-refractivity contribution in [3.63, 3.8) is 0 Å². The van der Waals surface area contributed by atoms with E-state index in [1.165, 1.54) is 0 Å². The van der Waals surface area contributed by atoms with E-state index in [1.54, 1.807) is 23.2 Å². The molecule has 1 fully saturated rings. The van der Waals surface area contributed by atoms with Crippen LogP contribution < -0.4 is 10.5 Å². The molecular formula is C12H14N4O3. The molecule has 0 radical (unpaired) electrons. The van der Waals surface area contributed by atoms with Crippen molar-refractivity contribution in [3.8, 4) is 0 Å². The lowest BCUT2D eigenvalue weighted by Gasteiger charge is -2.25. The molecule has 3 heterocycles. The van der Waals surface area contributed by atoms with E-state index in [0.717, 1.165) is 24.0 Å². The Morgan fingerprint density at radius 3 is 2.89 bits per heavy atom. The third-order valence-corrected chi connectivity index (χ3v) is 3.20. The zero-order valence-corrected chi connectivity index (χ0v) is 10.3. The van der Waals surface area contributed by atoms with Crippen molar-refractivity contribution in [2.75, 3.05) is 13.1 Å². The Kier molecular flexibility index (Phi) is 2.94. The molecule has 2 aromatic rings. The molecule has 19 heavy (non-hydrogen) atoms. The van der Waals surface area contributed by atoms with Crippen LogP contribution in [0.25, 0.3) is 11.2 Å². The second-order valence-electron chi connectivity index (χ2n) is 4.50. The first-order valence-electron chi connectivity index (χ1n) is 6.29. The van der Waals surface area contributed by atoms with Crippen molar-refractivity contribution >= 4 is 17.3 Å². The minimum Gasteiger partial charge on any atom is -0.312 e. The lowest BCUT2D eigenvalue weighted by Crippen LogP contribution is -2.42. The Morgan fingerprint density at radius 1 is 1.32 bits per heavy atom. The number of rotatable bonds is 1. The van der Waals surface area contributed by atoms with Gasteiger partial charge in [-0.15, -0.1) is 4.73 Å². The Morgan fingerprint density at radius 2 is 2.11 bits per heavy atom. The van der Waals surface area contributed by atoms with Gasteiger partial charge in [0.25, 0.3) is 0 Å². The summed E-state index contributed by atoms with van der Waals surface area (Å²) in [4.78, 5) is 37.0. The Bertz CT molecular complexity index is 654. The number of fused-ring (bicyclic) bond motifs is 1. The Balaban J connectivity index is 1.86. The predicted octanol–water partition coefficient (Wildman–Crippen LogP) is 0.759. The van der Waals surface area contributed by atoms with E-state index in [-0.39, 0.29) is 0 Å². The van der Waals surface area contributed by atoms with E-state index in [1.807, 2.05) is 0 Å². The van der Waals surface area contributed by atoms with E-state index >= 15 is 0 Å². The number of piperidine rings is 1. The van der Waals surface area contributed by atoms with Gasteiger partial charge < -0.3 is 9.74 Å². The van der Waals surface area contributed by atoms with Crippen LogP contribution in [0.4, 0.5) is 4.79 Å². The molecule has 0 bridgehead atoms. The van der Waals surface area contributed by atoms with Crippen molar-refractivity contribution < 1.29 is 9.63 Å². The standard InChI is InChI=1S/C12H14N4O3/c17-11-14-10-9(5-4-6-13-10)16(11)19-12(18)15-7-2-1-3-8-15/h4-6H,1-3,7-8H2,(H,13,14,17). The molecule has 0 atom stereocenters. The minimum atomic E-state index is -0.501. The summed E-state index contributed by atoms with van der Waals surface area (Å²) in [5.41, 5.74) is 0.357. The third-order valence-electron chi connectivity index (χ3n) is 3.20. The Labute approximate surface area is 108 Å². The zero-order valence-electron chi connectivity index (χ0n) is 10.3. The molecule has 0 spiro atoms. The molecular weight excluding hydrogens is 248 g/mol. The molecule has 1 aliphatic rings. The number of imidazole rings is 1. The number of pyridine rings is 1. The number of carbonyl (C=O) groups is 1. The van der Waals surface area contributed by atoms with Gasteiger partial charge in [-0.05, 0) is 31.4 Å². The first kappa shape index (κ1) is 11.8.